The van der Waals surface area contributed by atoms with Gasteiger partial charge in [-0.25, -0.2) is 0 Å². The predicted molar refractivity (Wildman–Crippen MR) is 96.4 cm³/mol. The van der Waals surface area contributed by atoms with Crippen LogP contribution < -0.4 is 31.4 Å². The van der Waals surface area contributed by atoms with Gasteiger partial charge in [-0.2, -0.15) is 0 Å². The minimum atomic E-state index is -0.587. The molecule has 0 saturated heterocycles. The lowest BCUT2D eigenvalue weighted by Crippen LogP contribution is -2.37. The zero-order valence-corrected chi connectivity index (χ0v) is 14.2. The fraction of sp³-hybridized carbons (Fsp3) is 0.474. The van der Waals surface area contributed by atoms with Crippen LogP contribution in [-0.2, 0) is 0 Å². The van der Waals surface area contributed by atoms with Crippen LogP contribution in [0.2, 0.25) is 0 Å². The smallest absolute Gasteiger partial charge is 0.253 e. The summed E-state index contributed by atoms with van der Waals surface area (Å²) < 4.78 is 11.6. The van der Waals surface area contributed by atoms with Crippen molar-refractivity contribution < 1.29 is 9.47 Å². The van der Waals surface area contributed by atoms with Crippen LogP contribution in [0, 0.1) is 0 Å². The van der Waals surface area contributed by atoms with Gasteiger partial charge in [0, 0.05) is 12.0 Å². The number of ether oxygens (including phenoxy) is 2. The van der Waals surface area contributed by atoms with E-state index in [-0.39, 0.29) is 29.4 Å². The summed E-state index contributed by atoms with van der Waals surface area (Å²) in [4.78, 5) is 22.7. The number of benzene rings is 1. The van der Waals surface area contributed by atoms with Gasteiger partial charge >= 0.3 is 0 Å². The molecule has 3 N–H and O–H groups in total. The Bertz CT molecular complexity index is 863. The quantitative estimate of drug-likeness (QED) is 0.782. The van der Waals surface area contributed by atoms with E-state index in [4.69, 9.17) is 15.2 Å². The molecule has 2 atom stereocenters. The Morgan fingerprint density at radius 1 is 1.12 bits per heavy atom. The first-order chi connectivity index (χ1) is 12.1. The molecule has 0 amide bonds. The van der Waals surface area contributed by atoms with Crippen LogP contribution in [0.25, 0.3) is 0 Å². The van der Waals surface area contributed by atoms with Gasteiger partial charge in [0.05, 0.1) is 13.2 Å². The molecular weight excluding hydrogens is 320 g/mol. The second kappa shape index (κ2) is 6.10. The van der Waals surface area contributed by atoms with Crippen LogP contribution in [0.4, 0.5) is 11.4 Å². The SMILES string of the molecule is COc1ccc([C@@H]2C[C@H]2Nc2c(N)c(=O)c2=O)cc1OC1CCCC1. The highest BCUT2D eigenvalue weighted by Gasteiger charge is 2.40. The Morgan fingerprint density at radius 2 is 1.88 bits per heavy atom. The Kier molecular flexibility index (Phi) is 3.90. The van der Waals surface area contributed by atoms with E-state index < -0.39 is 10.9 Å². The third kappa shape index (κ3) is 2.86. The van der Waals surface area contributed by atoms with Crippen LogP contribution >= 0.6 is 0 Å². The zero-order chi connectivity index (χ0) is 17.6. The van der Waals surface area contributed by atoms with Crippen molar-refractivity contribution in [1.29, 1.82) is 0 Å². The number of rotatable bonds is 6. The van der Waals surface area contributed by atoms with E-state index >= 15 is 0 Å². The summed E-state index contributed by atoms with van der Waals surface area (Å²) >= 11 is 0. The van der Waals surface area contributed by atoms with Gasteiger partial charge < -0.3 is 20.5 Å². The van der Waals surface area contributed by atoms with Crippen molar-refractivity contribution in [2.45, 2.75) is 50.2 Å². The zero-order valence-electron chi connectivity index (χ0n) is 14.2. The lowest BCUT2D eigenvalue weighted by atomic mass is 10.1. The number of hydrogen-bond acceptors (Lipinski definition) is 6. The maximum atomic E-state index is 11.5. The number of hydrogen-bond donors (Lipinski definition) is 2. The van der Waals surface area contributed by atoms with E-state index in [1.807, 2.05) is 18.2 Å². The number of nitrogens with one attached hydrogen (secondary N) is 1. The van der Waals surface area contributed by atoms with Gasteiger partial charge in [0.1, 0.15) is 11.4 Å². The van der Waals surface area contributed by atoms with Crippen molar-refractivity contribution in [3.63, 3.8) is 0 Å². The van der Waals surface area contributed by atoms with Crippen molar-refractivity contribution in [3.05, 3.63) is 44.2 Å². The highest BCUT2D eigenvalue weighted by Crippen LogP contribution is 2.45. The predicted octanol–water partition coefficient (Wildman–Crippen LogP) is 2.16. The maximum absolute atomic E-state index is 11.5. The van der Waals surface area contributed by atoms with Gasteiger partial charge in [-0.05, 0) is 49.8 Å². The monoisotopic (exact) mass is 342 g/mol. The Morgan fingerprint density at radius 3 is 2.56 bits per heavy atom. The molecule has 0 heterocycles. The van der Waals surface area contributed by atoms with Gasteiger partial charge in [0.25, 0.3) is 10.9 Å². The molecule has 2 aliphatic carbocycles. The van der Waals surface area contributed by atoms with E-state index in [2.05, 4.69) is 5.32 Å². The van der Waals surface area contributed by atoms with Crippen molar-refractivity contribution >= 4 is 11.4 Å². The van der Waals surface area contributed by atoms with E-state index in [0.29, 0.717) is 0 Å². The summed E-state index contributed by atoms with van der Waals surface area (Å²) in [7, 11) is 1.65. The number of nitrogen functional groups attached to an aromatic ring is 1. The first-order valence-electron chi connectivity index (χ1n) is 8.78. The topological polar surface area (TPSA) is 90.6 Å². The van der Waals surface area contributed by atoms with Crippen molar-refractivity contribution in [2.75, 3.05) is 18.2 Å². The molecular formula is C19H22N2O4. The van der Waals surface area contributed by atoms with E-state index in [1.54, 1.807) is 7.11 Å². The minimum Gasteiger partial charge on any atom is -0.493 e. The molecule has 4 rings (SSSR count). The first kappa shape index (κ1) is 16.0. The van der Waals surface area contributed by atoms with Crippen LogP contribution in [0.1, 0.15) is 43.6 Å². The lowest BCUT2D eigenvalue weighted by Gasteiger charge is -2.17. The molecule has 132 valence electrons. The summed E-state index contributed by atoms with van der Waals surface area (Å²) in [6.45, 7) is 0. The summed E-state index contributed by atoms with van der Waals surface area (Å²) in [6, 6.07) is 6.12. The largest absolute Gasteiger partial charge is 0.493 e. The average Bonchev–Trinajstić information content (AvgIpc) is 3.23. The van der Waals surface area contributed by atoms with E-state index in [0.717, 1.165) is 36.3 Å². The van der Waals surface area contributed by atoms with Crippen LogP contribution in [0.3, 0.4) is 0 Å². The van der Waals surface area contributed by atoms with Crippen LogP contribution in [0.15, 0.2) is 27.8 Å². The molecule has 2 aromatic rings. The Hall–Kier alpha value is -2.50. The fourth-order valence-electron chi connectivity index (χ4n) is 3.66. The van der Waals surface area contributed by atoms with Crippen molar-refractivity contribution in [3.8, 4) is 11.5 Å². The number of anilines is 2. The van der Waals surface area contributed by atoms with Gasteiger partial charge in [-0.3, -0.25) is 9.59 Å². The minimum absolute atomic E-state index is 0.0515. The third-order valence-electron chi connectivity index (χ3n) is 5.28. The second-order valence-corrected chi connectivity index (χ2v) is 6.97. The van der Waals surface area contributed by atoms with E-state index in [1.165, 1.54) is 12.8 Å². The summed E-state index contributed by atoms with van der Waals surface area (Å²) in [5.41, 5.74) is 5.95. The maximum Gasteiger partial charge on any atom is 0.253 e. The molecule has 0 radical (unpaired) electrons. The fourth-order valence-corrected chi connectivity index (χ4v) is 3.66. The Balaban J connectivity index is 1.48. The molecule has 2 aliphatic rings. The second-order valence-electron chi connectivity index (χ2n) is 6.97. The van der Waals surface area contributed by atoms with Crippen molar-refractivity contribution in [1.82, 2.24) is 0 Å². The summed E-state index contributed by atoms with van der Waals surface area (Å²) in [5, 5.41) is 3.10. The summed E-state index contributed by atoms with van der Waals surface area (Å²) in [5.74, 6) is 1.80. The van der Waals surface area contributed by atoms with Gasteiger partial charge in [-0.1, -0.05) is 6.07 Å². The first-order valence-corrected chi connectivity index (χ1v) is 8.78. The number of nitrogens with two attached hydrogens (primary N) is 1. The van der Waals surface area contributed by atoms with Gasteiger partial charge in [-0.15, -0.1) is 0 Å². The van der Waals surface area contributed by atoms with E-state index in [9.17, 15) is 9.59 Å². The van der Waals surface area contributed by atoms with Crippen LogP contribution in [-0.4, -0.2) is 19.3 Å². The molecule has 6 heteroatoms. The normalized spacial score (nSPS) is 22.9. The molecule has 0 spiro atoms. The molecule has 0 unspecified atom stereocenters. The molecule has 0 aromatic heterocycles. The van der Waals surface area contributed by atoms with Gasteiger partial charge in [0.15, 0.2) is 11.5 Å². The highest BCUT2D eigenvalue weighted by atomic mass is 16.5. The van der Waals surface area contributed by atoms with Gasteiger partial charge in [0.2, 0.25) is 0 Å². The standard InChI is InChI=1S/C19H22N2O4/c1-24-14-7-6-10(8-15(14)25-11-4-2-3-5-11)12-9-13(12)21-17-16(20)18(22)19(17)23/h6-8,11-13,21H,2-5,9,20H2,1H3/t12-,13+/m0/s1. The third-order valence-corrected chi connectivity index (χ3v) is 5.28. The lowest BCUT2D eigenvalue weighted by molar-refractivity contribution is 0.200. The molecule has 25 heavy (non-hydrogen) atoms. The van der Waals surface area contributed by atoms with Crippen LogP contribution in [0.5, 0.6) is 11.5 Å². The molecule has 0 bridgehead atoms. The van der Waals surface area contributed by atoms with Crippen molar-refractivity contribution in [2.24, 2.45) is 0 Å². The molecule has 6 nitrogen and oxygen atoms in total. The molecule has 0 aliphatic heterocycles. The average molecular weight is 342 g/mol. The summed E-state index contributed by atoms with van der Waals surface area (Å²) in [6.07, 6.45) is 5.76. The molecule has 2 fully saturated rings. The number of methoxy groups -OCH3 is 1. The molecule has 2 aromatic carbocycles. The Labute approximate surface area is 145 Å². The molecule has 2 saturated carbocycles. The highest BCUT2D eigenvalue weighted by molar-refractivity contribution is 5.72.